The van der Waals surface area contributed by atoms with Gasteiger partial charge in [-0.15, -0.1) is 0 Å². The fourth-order valence-corrected chi connectivity index (χ4v) is 3.57. The lowest BCUT2D eigenvalue weighted by Gasteiger charge is -2.11. The number of aliphatic hydroxyl groups is 1. The van der Waals surface area contributed by atoms with Gasteiger partial charge in [0.15, 0.2) is 0 Å². The van der Waals surface area contributed by atoms with Crippen molar-refractivity contribution in [1.82, 2.24) is 9.71 Å². The summed E-state index contributed by atoms with van der Waals surface area (Å²) in [5.41, 5.74) is 0.505. The van der Waals surface area contributed by atoms with Gasteiger partial charge in [0.05, 0.1) is 11.5 Å². The highest BCUT2D eigenvalue weighted by Gasteiger charge is 2.26. The van der Waals surface area contributed by atoms with E-state index in [0.29, 0.717) is 11.6 Å². The molecule has 2 rings (SSSR count). The zero-order chi connectivity index (χ0) is 12.5. The number of hydrogen-bond acceptors (Lipinski definition) is 3. The molecule has 1 fully saturated rings. The Morgan fingerprint density at radius 1 is 1.53 bits per heavy atom. The van der Waals surface area contributed by atoms with Gasteiger partial charge in [0.1, 0.15) is 0 Å². The number of aliphatic hydroxyl groups excluding tert-OH is 1. The number of hydrogen-bond donors (Lipinski definition) is 3. The average molecular weight is 258 g/mol. The van der Waals surface area contributed by atoms with Crippen molar-refractivity contribution in [3.63, 3.8) is 0 Å². The van der Waals surface area contributed by atoms with Gasteiger partial charge in [-0.3, -0.25) is 0 Å². The Morgan fingerprint density at radius 3 is 2.82 bits per heavy atom. The van der Waals surface area contributed by atoms with Gasteiger partial charge in [0.25, 0.3) is 0 Å². The summed E-state index contributed by atoms with van der Waals surface area (Å²) in [6.07, 6.45) is 4.28. The molecule has 1 saturated carbocycles. The van der Waals surface area contributed by atoms with Crippen molar-refractivity contribution in [2.24, 2.45) is 5.92 Å². The molecule has 5 nitrogen and oxygen atoms in total. The summed E-state index contributed by atoms with van der Waals surface area (Å²) < 4.78 is 26.7. The Hall–Kier alpha value is -0.850. The monoisotopic (exact) mass is 258 g/mol. The molecule has 17 heavy (non-hydrogen) atoms. The molecule has 0 aromatic carbocycles. The summed E-state index contributed by atoms with van der Waals surface area (Å²) >= 11 is 0. The van der Waals surface area contributed by atoms with Gasteiger partial charge in [-0.05, 0) is 31.2 Å². The smallest absolute Gasteiger partial charge is 0.242 e. The van der Waals surface area contributed by atoms with Crippen LogP contribution in [-0.2, 0) is 16.6 Å². The van der Waals surface area contributed by atoms with E-state index < -0.39 is 10.0 Å². The summed E-state index contributed by atoms with van der Waals surface area (Å²) in [5, 5.41) is 8.89. The highest BCUT2D eigenvalue weighted by atomic mass is 32.2. The van der Waals surface area contributed by atoms with Crippen molar-refractivity contribution in [3.8, 4) is 0 Å². The topological polar surface area (TPSA) is 82.2 Å². The molecule has 0 amide bonds. The number of H-pyrrole nitrogens is 1. The number of aromatic nitrogens is 1. The van der Waals surface area contributed by atoms with Crippen LogP contribution in [0.2, 0.25) is 0 Å². The van der Waals surface area contributed by atoms with Crippen LogP contribution in [0.15, 0.2) is 17.2 Å². The molecule has 96 valence electrons. The van der Waals surface area contributed by atoms with Crippen LogP contribution < -0.4 is 4.72 Å². The van der Waals surface area contributed by atoms with Crippen LogP contribution in [0.25, 0.3) is 0 Å². The van der Waals surface area contributed by atoms with E-state index in [0.717, 1.165) is 19.3 Å². The molecule has 0 saturated heterocycles. The van der Waals surface area contributed by atoms with E-state index in [1.54, 1.807) is 0 Å². The standard InChI is InChI=1S/C11H18N2O3S/c1-8-2-3-9(4-8)13-17(15,16)11-5-10(7-14)12-6-11/h5-6,8-9,12-14H,2-4,7H2,1H3. The zero-order valence-corrected chi connectivity index (χ0v) is 10.6. The Labute approximate surface area is 101 Å². The Morgan fingerprint density at radius 2 is 2.29 bits per heavy atom. The van der Waals surface area contributed by atoms with Crippen LogP contribution in [-0.4, -0.2) is 24.6 Å². The van der Waals surface area contributed by atoms with E-state index in [9.17, 15) is 8.42 Å². The minimum absolute atomic E-state index is 0.0440. The van der Waals surface area contributed by atoms with Crippen LogP contribution in [0.4, 0.5) is 0 Å². The molecular weight excluding hydrogens is 240 g/mol. The first-order valence-corrected chi connectivity index (χ1v) is 7.30. The lowest BCUT2D eigenvalue weighted by molar-refractivity contribution is 0.277. The number of nitrogens with one attached hydrogen (secondary N) is 2. The SMILES string of the molecule is CC1CCC(NS(=O)(=O)c2c[nH]c(CO)c2)C1. The van der Waals surface area contributed by atoms with Crippen LogP contribution >= 0.6 is 0 Å². The summed E-state index contributed by atoms with van der Waals surface area (Å²) in [7, 11) is -3.45. The Bertz CT molecular complexity index is 481. The van der Waals surface area contributed by atoms with Crippen LogP contribution in [0.3, 0.4) is 0 Å². The maximum absolute atomic E-state index is 12.0. The van der Waals surface area contributed by atoms with E-state index in [1.807, 2.05) is 0 Å². The van der Waals surface area contributed by atoms with Crippen molar-refractivity contribution < 1.29 is 13.5 Å². The maximum Gasteiger partial charge on any atom is 0.242 e. The predicted octanol–water partition coefficient (Wildman–Crippen LogP) is 0.974. The fourth-order valence-electron chi connectivity index (χ4n) is 2.27. The predicted molar refractivity (Wildman–Crippen MR) is 63.8 cm³/mol. The molecule has 1 aromatic heterocycles. The third-order valence-corrected chi connectivity index (χ3v) is 4.71. The lowest BCUT2D eigenvalue weighted by Crippen LogP contribution is -2.32. The van der Waals surface area contributed by atoms with Crippen molar-refractivity contribution >= 4 is 10.0 Å². The van der Waals surface area contributed by atoms with Gasteiger partial charge < -0.3 is 10.1 Å². The molecule has 1 aliphatic rings. The van der Waals surface area contributed by atoms with Crippen molar-refractivity contribution in [2.45, 2.75) is 43.7 Å². The van der Waals surface area contributed by atoms with E-state index in [2.05, 4.69) is 16.6 Å². The van der Waals surface area contributed by atoms with Crippen LogP contribution in [0.5, 0.6) is 0 Å². The third-order valence-electron chi connectivity index (χ3n) is 3.21. The number of rotatable bonds is 4. The molecule has 1 aromatic rings. The summed E-state index contributed by atoms with van der Waals surface area (Å²) in [6, 6.07) is 1.50. The summed E-state index contributed by atoms with van der Waals surface area (Å²) in [5.74, 6) is 0.585. The highest BCUT2D eigenvalue weighted by molar-refractivity contribution is 7.89. The zero-order valence-electron chi connectivity index (χ0n) is 9.81. The molecule has 0 bridgehead atoms. The summed E-state index contributed by atoms with van der Waals surface area (Å²) in [4.78, 5) is 2.92. The average Bonchev–Trinajstić information content (AvgIpc) is 2.86. The first-order valence-electron chi connectivity index (χ1n) is 5.82. The summed E-state index contributed by atoms with van der Waals surface area (Å²) in [6.45, 7) is 1.95. The molecule has 6 heteroatoms. The minimum atomic E-state index is -3.45. The second-order valence-corrected chi connectivity index (χ2v) is 6.47. The third kappa shape index (κ3) is 2.88. The van der Waals surface area contributed by atoms with Crippen molar-refractivity contribution in [2.75, 3.05) is 0 Å². The van der Waals surface area contributed by atoms with Crippen molar-refractivity contribution in [1.29, 1.82) is 0 Å². The largest absolute Gasteiger partial charge is 0.390 e. The highest BCUT2D eigenvalue weighted by Crippen LogP contribution is 2.26. The minimum Gasteiger partial charge on any atom is -0.390 e. The van der Waals surface area contributed by atoms with Gasteiger partial charge in [0, 0.05) is 17.9 Å². The molecular formula is C11H18N2O3S. The molecule has 2 unspecified atom stereocenters. The first-order chi connectivity index (χ1) is 8.01. The maximum atomic E-state index is 12.0. The van der Waals surface area contributed by atoms with E-state index in [-0.39, 0.29) is 17.5 Å². The Kier molecular flexibility index (Phi) is 3.56. The van der Waals surface area contributed by atoms with Crippen LogP contribution in [0, 0.1) is 5.92 Å². The molecule has 0 radical (unpaired) electrons. The fraction of sp³-hybridized carbons (Fsp3) is 0.636. The normalized spacial score (nSPS) is 25.3. The second kappa shape index (κ2) is 4.80. The van der Waals surface area contributed by atoms with Crippen molar-refractivity contribution in [3.05, 3.63) is 18.0 Å². The Balaban J connectivity index is 2.08. The van der Waals surface area contributed by atoms with Gasteiger partial charge >= 0.3 is 0 Å². The molecule has 0 aliphatic heterocycles. The first kappa shape index (κ1) is 12.6. The van der Waals surface area contributed by atoms with Gasteiger partial charge in [-0.2, -0.15) is 0 Å². The molecule has 1 aliphatic carbocycles. The van der Waals surface area contributed by atoms with Gasteiger partial charge in [0.2, 0.25) is 10.0 Å². The molecule has 1 heterocycles. The second-order valence-electron chi connectivity index (χ2n) is 4.76. The van der Waals surface area contributed by atoms with E-state index >= 15 is 0 Å². The van der Waals surface area contributed by atoms with E-state index in [4.69, 9.17) is 5.11 Å². The number of sulfonamides is 1. The molecule has 2 atom stereocenters. The van der Waals surface area contributed by atoms with Gasteiger partial charge in [-0.25, -0.2) is 13.1 Å². The lowest BCUT2D eigenvalue weighted by atomic mass is 10.1. The van der Waals surface area contributed by atoms with E-state index in [1.165, 1.54) is 12.3 Å². The molecule has 0 spiro atoms. The quantitative estimate of drug-likeness (QED) is 0.752. The number of aromatic amines is 1. The van der Waals surface area contributed by atoms with Gasteiger partial charge in [-0.1, -0.05) is 6.92 Å². The molecule has 3 N–H and O–H groups in total. The van der Waals surface area contributed by atoms with Crippen LogP contribution in [0.1, 0.15) is 31.9 Å².